The summed E-state index contributed by atoms with van der Waals surface area (Å²) in [4.78, 5) is 53.8. The zero-order valence-corrected chi connectivity index (χ0v) is 15.9. The number of carbonyl (C=O) groups excluding carboxylic acids is 4. The summed E-state index contributed by atoms with van der Waals surface area (Å²) < 4.78 is 9.00. The largest absolute Gasteiger partial charge is 0.448 e. The van der Waals surface area contributed by atoms with Gasteiger partial charge in [-0.25, -0.2) is 19.2 Å². The summed E-state index contributed by atoms with van der Waals surface area (Å²) in [5.74, 6) is -1.43. The van der Waals surface area contributed by atoms with Gasteiger partial charge in [0.25, 0.3) is 0 Å². The van der Waals surface area contributed by atoms with E-state index in [1.165, 1.54) is 0 Å². The molecule has 0 unspecified atom stereocenters. The highest BCUT2D eigenvalue weighted by atomic mass is 33.1. The molecule has 0 aromatic carbocycles. The number of hydrogen-bond donors (Lipinski definition) is 4. The van der Waals surface area contributed by atoms with Crippen LogP contribution in [0.4, 0.5) is 9.59 Å². The van der Waals surface area contributed by atoms with Crippen LogP contribution < -0.4 is 22.4 Å². The molecule has 0 aliphatic rings. The van der Waals surface area contributed by atoms with Gasteiger partial charge in [0.05, 0.1) is 13.2 Å². The molecule has 150 valence electrons. The molecule has 0 saturated carbocycles. The van der Waals surface area contributed by atoms with Gasteiger partial charge in [0.2, 0.25) is 0 Å². The van der Waals surface area contributed by atoms with Crippen molar-refractivity contribution in [1.29, 1.82) is 0 Å². The van der Waals surface area contributed by atoms with Crippen molar-refractivity contribution in [1.82, 2.24) is 11.0 Å². The summed E-state index contributed by atoms with van der Waals surface area (Å²) in [6.45, 7) is 3.43. The molecule has 0 rings (SSSR count). The molecular formula is C12H22N4O8S2. The number of ether oxygens (including phenoxy) is 2. The van der Waals surface area contributed by atoms with Crippen LogP contribution in [0, 0.1) is 0 Å². The first-order valence-corrected chi connectivity index (χ1v) is 9.83. The van der Waals surface area contributed by atoms with Crippen LogP contribution in [0.1, 0.15) is 13.8 Å². The van der Waals surface area contributed by atoms with Crippen LogP contribution in [0.2, 0.25) is 0 Å². The minimum absolute atomic E-state index is 0.125. The molecule has 6 N–H and O–H groups in total. The van der Waals surface area contributed by atoms with Crippen molar-refractivity contribution in [3.05, 3.63) is 0 Å². The summed E-state index contributed by atoms with van der Waals surface area (Å²) in [6.07, 6.45) is -1.81. The van der Waals surface area contributed by atoms with Crippen molar-refractivity contribution in [3.63, 3.8) is 0 Å². The summed E-state index contributed by atoms with van der Waals surface area (Å²) in [6, 6.07) is -2.02. The Balaban J connectivity index is 3.88. The lowest BCUT2D eigenvalue weighted by molar-refractivity contribution is -0.151. The fourth-order valence-electron chi connectivity index (χ4n) is 1.04. The Kier molecular flexibility index (Phi) is 13.2. The van der Waals surface area contributed by atoms with Crippen LogP contribution in [-0.4, -0.2) is 60.9 Å². The number of amides is 2. The molecule has 0 aromatic heterocycles. The van der Waals surface area contributed by atoms with Crippen LogP contribution in [0.15, 0.2) is 0 Å². The monoisotopic (exact) mass is 414 g/mol. The third-order valence-electron chi connectivity index (χ3n) is 2.20. The highest BCUT2D eigenvalue weighted by Gasteiger charge is 2.20. The lowest BCUT2D eigenvalue weighted by Crippen LogP contribution is -2.40. The minimum Gasteiger partial charge on any atom is -0.448 e. The van der Waals surface area contributed by atoms with E-state index in [-0.39, 0.29) is 24.7 Å². The van der Waals surface area contributed by atoms with Gasteiger partial charge in [-0.15, -0.1) is 11.0 Å². The van der Waals surface area contributed by atoms with Crippen LogP contribution >= 0.6 is 21.6 Å². The molecule has 2 amide bonds. The highest BCUT2D eigenvalue weighted by Crippen LogP contribution is 2.22. The molecule has 0 heterocycles. The van der Waals surface area contributed by atoms with E-state index in [0.717, 1.165) is 21.6 Å². The molecule has 0 saturated heterocycles. The smallest absolute Gasteiger partial charge is 0.440 e. The fraction of sp³-hybridized carbons (Fsp3) is 0.667. The van der Waals surface area contributed by atoms with E-state index in [9.17, 15) is 19.2 Å². The molecule has 2 atom stereocenters. The predicted octanol–water partition coefficient (Wildman–Crippen LogP) is -0.569. The third kappa shape index (κ3) is 11.6. The maximum Gasteiger partial charge on any atom is 0.440 e. The first-order chi connectivity index (χ1) is 12.3. The molecule has 0 fully saturated rings. The van der Waals surface area contributed by atoms with Gasteiger partial charge in [-0.3, -0.25) is 0 Å². The van der Waals surface area contributed by atoms with Crippen LogP contribution in [-0.2, 0) is 28.7 Å². The SMILES string of the molecule is CCOC(=O)NOC(=O)[C@@H](N)CSSC[C@H](N)C(=O)ONC(=O)OCC. The van der Waals surface area contributed by atoms with Gasteiger partial charge in [0, 0.05) is 11.5 Å². The second kappa shape index (κ2) is 14.3. The average molecular weight is 414 g/mol. The first kappa shape index (κ1) is 24.1. The Hall–Kier alpha value is -1.90. The first-order valence-electron chi connectivity index (χ1n) is 7.34. The Morgan fingerprint density at radius 3 is 1.46 bits per heavy atom. The van der Waals surface area contributed by atoms with E-state index in [1.54, 1.807) is 24.8 Å². The summed E-state index contributed by atoms with van der Waals surface area (Å²) in [5, 5.41) is 0. The summed E-state index contributed by atoms with van der Waals surface area (Å²) in [5.41, 5.74) is 14.7. The van der Waals surface area contributed by atoms with Gasteiger partial charge in [-0.2, -0.15) is 0 Å². The normalized spacial score (nSPS) is 12.3. The molecule has 12 nitrogen and oxygen atoms in total. The molecule has 26 heavy (non-hydrogen) atoms. The van der Waals surface area contributed by atoms with E-state index >= 15 is 0 Å². The molecule has 0 bridgehead atoms. The van der Waals surface area contributed by atoms with Crippen molar-refractivity contribution < 1.29 is 38.3 Å². The maximum absolute atomic E-state index is 11.5. The van der Waals surface area contributed by atoms with Gasteiger partial charge in [-0.05, 0) is 13.8 Å². The Morgan fingerprint density at radius 2 is 1.15 bits per heavy atom. The maximum atomic E-state index is 11.5. The summed E-state index contributed by atoms with van der Waals surface area (Å²) in [7, 11) is 2.32. The summed E-state index contributed by atoms with van der Waals surface area (Å²) >= 11 is 0. The van der Waals surface area contributed by atoms with E-state index in [2.05, 4.69) is 19.1 Å². The molecular weight excluding hydrogens is 392 g/mol. The number of nitrogens with two attached hydrogens (primary N) is 2. The Labute approximate surface area is 157 Å². The number of hydrogen-bond acceptors (Lipinski definition) is 12. The standard InChI is InChI=1S/C12H22N4O8S2/c1-3-21-11(19)15-23-9(17)7(13)5-25-26-6-8(14)10(18)24-16-12(20)22-4-2/h7-8H,3-6,13-14H2,1-2H3,(H,15,19)(H,16,20)/t7-,8-/m0/s1. The van der Waals surface area contributed by atoms with Gasteiger partial charge in [0.1, 0.15) is 12.1 Å². The second-order valence-electron chi connectivity index (χ2n) is 4.27. The van der Waals surface area contributed by atoms with Crippen molar-refractivity contribution in [3.8, 4) is 0 Å². The number of nitrogens with one attached hydrogen (secondary N) is 2. The topological polar surface area (TPSA) is 181 Å². The second-order valence-corrected chi connectivity index (χ2v) is 6.82. The Bertz CT molecular complexity index is 440. The molecule has 0 aliphatic heterocycles. The Morgan fingerprint density at radius 1 is 0.808 bits per heavy atom. The average Bonchev–Trinajstić information content (AvgIpc) is 2.61. The van der Waals surface area contributed by atoms with E-state index < -0.39 is 36.2 Å². The predicted molar refractivity (Wildman–Crippen MR) is 93.4 cm³/mol. The van der Waals surface area contributed by atoms with E-state index in [1.807, 2.05) is 0 Å². The van der Waals surface area contributed by atoms with Crippen LogP contribution in [0.25, 0.3) is 0 Å². The van der Waals surface area contributed by atoms with Crippen molar-refractivity contribution in [2.24, 2.45) is 11.5 Å². The van der Waals surface area contributed by atoms with Crippen LogP contribution in [0.3, 0.4) is 0 Å². The van der Waals surface area contributed by atoms with Gasteiger partial charge >= 0.3 is 24.1 Å². The molecule has 0 spiro atoms. The number of carbonyl (C=O) groups is 4. The fourth-order valence-corrected chi connectivity index (χ4v) is 3.25. The number of hydroxylamine groups is 2. The molecule has 0 aromatic rings. The molecule has 0 aliphatic carbocycles. The number of rotatable bonds is 9. The molecule has 14 heteroatoms. The highest BCUT2D eigenvalue weighted by molar-refractivity contribution is 8.76. The van der Waals surface area contributed by atoms with Crippen molar-refractivity contribution >= 4 is 45.7 Å². The zero-order valence-electron chi connectivity index (χ0n) is 14.2. The van der Waals surface area contributed by atoms with Crippen LogP contribution in [0.5, 0.6) is 0 Å². The molecule has 0 radical (unpaired) electrons. The van der Waals surface area contributed by atoms with Gasteiger partial charge in [-0.1, -0.05) is 21.6 Å². The lowest BCUT2D eigenvalue weighted by Gasteiger charge is -2.12. The van der Waals surface area contributed by atoms with Crippen molar-refractivity contribution in [2.75, 3.05) is 24.7 Å². The quantitative estimate of drug-likeness (QED) is 0.163. The lowest BCUT2D eigenvalue weighted by atomic mass is 10.4. The van der Waals surface area contributed by atoms with Crippen molar-refractivity contribution in [2.45, 2.75) is 25.9 Å². The third-order valence-corrected chi connectivity index (χ3v) is 4.68. The minimum atomic E-state index is -1.01. The van der Waals surface area contributed by atoms with E-state index in [4.69, 9.17) is 11.5 Å². The van der Waals surface area contributed by atoms with E-state index in [0.29, 0.717) is 0 Å². The van der Waals surface area contributed by atoms with Gasteiger partial charge < -0.3 is 30.6 Å². The van der Waals surface area contributed by atoms with Gasteiger partial charge in [0.15, 0.2) is 0 Å². The zero-order chi connectivity index (χ0) is 19.9.